The molecule has 1 saturated carbocycles. The van der Waals surface area contributed by atoms with E-state index in [0.717, 1.165) is 22.5 Å². The summed E-state index contributed by atoms with van der Waals surface area (Å²) in [7, 11) is 0. The monoisotopic (exact) mass is 256 g/mol. The van der Waals surface area contributed by atoms with Crippen molar-refractivity contribution in [1.82, 2.24) is 4.98 Å². The normalized spacial score (nSPS) is 17.7. The van der Waals surface area contributed by atoms with Crippen molar-refractivity contribution in [1.29, 1.82) is 0 Å². The van der Waals surface area contributed by atoms with Gasteiger partial charge < -0.3 is 5.32 Å². The molecule has 1 aromatic carbocycles. The summed E-state index contributed by atoms with van der Waals surface area (Å²) in [5.74, 6) is 0.792. The van der Waals surface area contributed by atoms with Crippen LogP contribution in [0.2, 0.25) is 0 Å². The third-order valence-electron chi connectivity index (χ3n) is 3.47. The Balaban J connectivity index is 1.71. The predicted molar refractivity (Wildman–Crippen MR) is 71.9 cm³/mol. The number of thiazole rings is 1. The highest BCUT2D eigenvalue weighted by molar-refractivity contribution is 7.10. The zero-order chi connectivity index (χ0) is 12.1. The van der Waals surface area contributed by atoms with Crippen LogP contribution in [-0.2, 0) is 11.2 Å². The fourth-order valence-corrected chi connectivity index (χ4v) is 3.33. The van der Waals surface area contributed by atoms with E-state index in [1.807, 2.05) is 12.1 Å². The fourth-order valence-electron chi connectivity index (χ4n) is 2.33. The van der Waals surface area contributed by atoms with Crippen LogP contribution in [0.15, 0.2) is 23.6 Å². The average molecular weight is 256 g/mol. The third kappa shape index (κ3) is 1.64. The van der Waals surface area contributed by atoms with Gasteiger partial charge in [-0.25, -0.2) is 4.98 Å². The molecule has 2 aliphatic rings. The summed E-state index contributed by atoms with van der Waals surface area (Å²) in [5.41, 5.74) is 4.19. The summed E-state index contributed by atoms with van der Waals surface area (Å²) >= 11 is 1.76. The van der Waals surface area contributed by atoms with E-state index in [1.54, 1.807) is 11.3 Å². The lowest BCUT2D eigenvalue weighted by molar-refractivity contribution is -0.115. The number of anilines is 1. The standard InChI is InChI=1S/C14H12N2OS/c17-13-6-10-5-9(3-4-11(10)15-13)12-7-18-14(16-12)8-1-2-8/h3-5,7-8H,1-2,6H2,(H,15,17). The van der Waals surface area contributed by atoms with Gasteiger partial charge in [-0.15, -0.1) is 11.3 Å². The first-order valence-corrected chi connectivity index (χ1v) is 7.06. The maximum absolute atomic E-state index is 11.3. The average Bonchev–Trinajstić information content (AvgIpc) is 2.97. The molecule has 1 amide bonds. The highest BCUT2D eigenvalue weighted by Gasteiger charge is 2.27. The zero-order valence-electron chi connectivity index (χ0n) is 9.77. The van der Waals surface area contributed by atoms with Crippen LogP contribution in [-0.4, -0.2) is 10.9 Å². The number of benzene rings is 1. The number of nitrogens with zero attached hydrogens (tertiary/aromatic N) is 1. The van der Waals surface area contributed by atoms with Gasteiger partial charge in [0.25, 0.3) is 0 Å². The minimum absolute atomic E-state index is 0.0825. The second kappa shape index (κ2) is 3.65. The number of hydrogen-bond donors (Lipinski definition) is 1. The molecule has 0 saturated heterocycles. The van der Waals surface area contributed by atoms with Crippen molar-refractivity contribution in [2.24, 2.45) is 0 Å². The van der Waals surface area contributed by atoms with Gasteiger partial charge in [0.05, 0.1) is 17.1 Å². The van der Waals surface area contributed by atoms with E-state index in [0.29, 0.717) is 12.3 Å². The van der Waals surface area contributed by atoms with E-state index in [1.165, 1.54) is 17.8 Å². The predicted octanol–water partition coefficient (Wildman–Crippen LogP) is 3.18. The topological polar surface area (TPSA) is 42.0 Å². The van der Waals surface area contributed by atoms with Gasteiger partial charge in [0.2, 0.25) is 5.91 Å². The van der Waals surface area contributed by atoms with E-state index in [-0.39, 0.29) is 5.91 Å². The highest BCUT2D eigenvalue weighted by Crippen LogP contribution is 2.42. The van der Waals surface area contributed by atoms with E-state index < -0.39 is 0 Å². The van der Waals surface area contributed by atoms with Crippen molar-refractivity contribution in [3.8, 4) is 11.3 Å². The summed E-state index contributed by atoms with van der Waals surface area (Å²) in [6.07, 6.45) is 3.06. The highest BCUT2D eigenvalue weighted by atomic mass is 32.1. The number of aromatic nitrogens is 1. The first-order chi connectivity index (χ1) is 8.79. The van der Waals surface area contributed by atoms with Gasteiger partial charge in [-0.3, -0.25) is 4.79 Å². The Kier molecular flexibility index (Phi) is 2.08. The smallest absolute Gasteiger partial charge is 0.228 e. The molecule has 0 atom stereocenters. The zero-order valence-corrected chi connectivity index (χ0v) is 10.6. The molecule has 1 aliphatic carbocycles. The van der Waals surface area contributed by atoms with Crippen molar-refractivity contribution in [2.45, 2.75) is 25.2 Å². The fraction of sp³-hybridized carbons (Fsp3) is 0.286. The van der Waals surface area contributed by atoms with Gasteiger partial charge in [0.15, 0.2) is 0 Å². The number of rotatable bonds is 2. The van der Waals surface area contributed by atoms with Crippen molar-refractivity contribution < 1.29 is 4.79 Å². The number of hydrogen-bond acceptors (Lipinski definition) is 3. The van der Waals surface area contributed by atoms with Gasteiger partial charge in [-0.05, 0) is 30.5 Å². The minimum atomic E-state index is 0.0825. The molecule has 1 fully saturated rings. The number of amides is 1. The molecular weight excluding hydrogens is 244 g/mol. The van der Waals surface area contributed by atoms with Gasteiger partial charge >= 0.3 is 0 Å². The minimum Gasteiger partial charge on any atom is -0.326 e. The third-order valence-corrected chi connectivity index (χ3v) is 4.48. The lowest BCUT2D eigenvalue weighted by Gasteiger charge is -2.01. The summed E-state index contributed by atoms with van der Waals surface area (Å²) in [5, 5.41) is 6.24. The van der Waals surface area contributed by atoms with Crippen LogP contribution < -0.4 is 5.32 Å². The van der Waals surface area contributed by atoms with E-state index in [4.69, 9.17) is 4.98 Å². The molecule has 2 aromatic rings. The lowest BCUT2D eigenvalue weighted by Crippen LogP contribution is -2.03. The molecule has 3 nitrogen and oxygen atoms in total. The molecule has 0 radical (unpaired) electrons. The van der Waals surface area contributed by atoms with Crippen molar-refractivity contribution in [2.75, 3.05) is 5.32 Å². The van der Waals surface area contributed by atoms with Crippen LogP contribution in [0.4, 0.5) is 5.69 Å². The molecule has 1 aromatic heterocycles. The Bertz CT molecular complexity index is 643. The molecule has 2 heterocycles. The summed E-state index contributed by atoms with van der Waals surface area (Å²) in [4.78, 5) is 16.0. The van der Waals surface area contributed by atoms with Crippen LogP contribution >= 0.6 is 11.3 Å². The Hall–Kier alpha value is -1.68. The van der Waals surface area contributed by atoms with E-state index in [9.17, 15) is 4.79 Å². The number of carbonyl (C=O) groups is 1. The van der Waals surface area contributed by atoms with Crippen molar-refractivity contribution in [3.63, 3.8) is 0 Å². The molecule has 1 N–H and O–H groups in total. The Morgan fingerprint density at radius 2 is 2.22 bits per heavy atom. The molecular formula is C14H12N2OS. The van der Waals surface area contributed by atoms with Gasteiger partial charge in [-0.2, -0.15) is 0 Å². The summed E-state index contributed by atoms with van der Waals surface area (Å²) in [6, 6.07) is 6.10. The summed E-state index contributed by atoms with van der Waals surface area (Å²) in [6.45, 7) is 0. The molecule has 0 spiro atoms. The second-order valence-corrected chi connectivity index (χ2v) is 5.83. The largest absolute Gasteiger partial charge is 0.326 e. The molecule has 4 rings (SSSR count). The molecule has 4 heteroatoms. The molecule has 1 aliphatic heterocycles. The number of carbonyl (C=O) groups excluding carboxylic acids is 1. The van der Waals surface area contributed by atoms with Crippen LogP contribution in [0.25, 0.3) is 11.3 Å². The van der Waals surface area contributed by atoms with Gasteiger partial charge in [-0.1, -0.05) is 6.07 Å². The molecule has 0 unspecified atom stereocenters. The summed E-state index contributed by atoms with van der Waals surface area (Å²) < 4.78 is 0. The van der Waals surface area contributed by atoms with Crippen LogP contribution in [0.3, 0.4) is 0 Å². The molecule has 18 heavy (non-hydrogen) atoms. The molecule has 0 bridgehead atoms. The first kappa shape index (κ1) is 10.3. The second-order valence-electron chi connectivity index (χ2n) is 4.94. The van der Waals surface area contributed by atoms with Crippen LogP contribution in [0, 0.1) is 0 Å². The first-order valence-electron chi connectivity index (χ1n) is 6.18. The Morgan fingerprint density at radius 3 is 3.06 bits per heavy atom. The van der Waals surface area contributed by atoms with E-state index in [2.05, 4.69) is 16.8 Å². The Morgan fingerprint density at radius 1 is 1.33 bits per heavy atom. The van der Waals surface area contributed by atoms with Gasteiger partial charge in [0, 0.05) is 22.5 Å². The quantitative estimate of drug-likeness (QED) is 0.896. The number of fused-ring (bicyclic) bond motifs is 1. The number of nitrogens with one attached hydrogen (secondary N) is 1. The van der Waals surface area contributed by atoms with Crippen LogP contribution in [0.1, 0.15) is 29.3 Å². The van der Waals surface area contributed by atoms with E-state index >= 15 is 0 Å². The van der Waals surface area contributed by atoms with Gasteiger partial charge in [0.1, 0.15) is 0 Å². The van der Waals surface area contributed by atoms with Crippen molar-refractivity contribution >= 4 is 22.9 Å². The lowest BCUT2D eigenvalue weighted by atomic mass is 10.1. The maximum Gasteiger partial charge on any atom is 0.228 e. The molecule has 90 valence electrons. The Labute approximate surface area is 109 Å². The maximum atomic E-state index is 11.3. The SMILES string of the molecule is O=C1Cc2cc(-c3csc(C4CC4)n3)ccc2N1. The van der Waals surface area contributed by atoms with Crippen LogP contribution in [0.5, 0.6) is 0 Å². The van der Waals surface area contributed by atoms with Crippen molar-refractivity contribution in [3.05, 3.63) is 34.2 Å².